The van der Waals surface area contributed by atoms with Gasteiger partial charge in [0.05, 0.1) is 16.3 Å². The highest BCUT2D eigenvalue weighted by Crippen LogP contribution is 2.33. The number of azide groups is 1. The largest absolute Gasteiger partial charge is 0.192 e. The van der Waals surface area contributed by atoms with Gasteiger partial charge in [-0.2, -0.15) is 5.26 Å². The van der Waals surface area contributed by atoms with Crippen LogP contribution in [0.4, 0.5) is 5.69 Å². The van der Waals surface area contributed by atoms with Crippen LogP contribution in [0.25, 0.3) is 10.4 Å². The van der Waals surface area contributed by atoms with Gasteiger partial charge in [-0.25, -0.2) is 0 Å². The molecule has 0 aliphatic carbocycles. The lowest BCUT2D eigenvalue weighted by Gasteiger charge is -2.00. The second kappa shape index (κ2) is 4.15. The van der Waals surface area contributed by atoms with Crippen molar-refractivity contribution in [2.75, 3.05) is 0 Å². The minimum atomic E-state index is 0.154. The summed E-state index contributed by atoms with van der Waals surface area (Å²) in [6.07, 6.45) is 0. The van der Waals surface area contributed by atoms with Crippen LogP contribution in [0.15, 0.2) is 21.7 Å². The molecule has 0 aliphatic rings. The topological polar surface area (TPSA) is 72.5 Å². The molecule has 0 saturated heterocycles. The summed E-state index contributed by atoms with van der Waals surface area (Å²) in [6, 6.07) is 5.07. The molecule has 1 aromatic carbocycles. The van der Waals surface area contributed by atoms with Crippen LogP contribution in [0.1, 0.15) is 5.56 Å². The van der Waals surface area contributed by atoms with Crippen LogP contribution in [-0.2, 0) is 0 Å². The summed E-state index contributed by atoms with van der Waals surface area (Å²) in [5.41, 5.74) is 8.62. The van der Waals surface area contributed by atoms with E-state index in [-0.39, 0.29) is 16.3 Å². The van der Waals surface area contributed by atoms with Gasteiger partial charge < -0.3 is 0 Å². The van der Waals surface area contributed by atoms with E-state index in [0.717, 1.165) is 0 Å². The molecule has 4 nitrogen and oxygen atoms in total. The second-order valence-corrected chi connectivity index (χ2v) is 3.32. The van der Waals surface area contributed by atoms with Crippen molar-refractivity contribution < 1.29 is 0 Å². The molecule has 0 spiro atoms. The maximum atomic E-state index is 8.73. The molecule has 0 bridgehead atoms. The zero-order valence-electron chi connectivity index (χ0n) is 6.20. The van der Waals surface area contributed by atoms with Crippen molar-refractivity contribution in [3.05, 3.63) is 37.6 Å². The van der Waals surface area contributed by atoms with E-state index in [9.17, 15) is 0 Å². The average Bonchev–Trinajstić information content (AvgIpc) is 2.12. The smallest absolute Gasteiger partial charge is 0.101 e. The third-order valence-corrected chi connectivity index (χ3v) is 2.30. The van der Waals surface area contributed by atoms with Crippen LogP contribution >= 0.6 is 27.5 Å². The predicted molar refractivity (Wildman–Crippen MR) is 52.7 cm³/mol. The molecule has 6 heteroatoms. The van der Waals surface area contributed by atoms with Gasteiger partial charge >= 0.3 is 0 Å². The highest BCUT2D eigenvalue weighted by molar-refractivity contribution is 9.10. The van der Waals surface area contributed by atoms with Crippen molar-refractivity contribution in [3.8, 4) is 6.07 Å². The van der Waals surface area contributed by atoms with Crippen LogP contribution < -0.4 is 0 Å². The van der Waals surface area contributed by atoms with Gasteiger partial charge in [-0.3, -0.25) is 0 Å². The molecular formula is C7H2BrClN4. The zero-order valence-corrected chi connectivity index (χ0v) is 8.54. The van der Waals surface area contributed by atoms with E-state index in [4.69, 9.17) is 22.4 Å². The monoisotopic (exact) mass is 256 g/mol. The van der Waals surface area contributed by atoms with E-state index in [1.807, 2.05) is 6.07 Å². The average molecular weight is 257 g/mol. The number of benzene rings is 1. The molecule has 0 fully saturated rings. The molecule has 1 aromatic rings. The summed E-state index contributed by atoms with van der Waals surface area (Å²) >= 11 is 8.87. The molecule has 0 aromatic heterocycles. The van der Waals surface area contributed by atoms with E-state index < -0.39 is 0 Å². The molecule has 0 aliphatic heterocycles. The highest BCUT2D eigenvalue weighted by Gasteiger charge is 2.08. The van der Waals surface area contributed by atoms with E-state index in [1.54, 1.807) is 12.1 Å². The van der Waals surface area contributed by atoms with Gasteiger partial charge in [0.25, 0.3) is 0 Å². The lowest BCUT2D eigenvalue weighted by Crippen LogP contribution is -1.79. The summed E-state index contributed by atoms with van der Waals surface area (Å²) in [5, 5.41) is 12.3. The van der Waals surface area contributed by atoms with Crippen LogP contribution in [0.3, 0.4) is 0 Å². The van der Waals surface area contributed by atoms with Gasteiger partial charge in [-0.1, -0.05) is 16.7 Å². The SMILES string of the molecule is N#Cc1c(Br)ccc(Cl)c1N=[N+]=[N-]. The van der Waals surface area contributed by atoms with E-state index in [0.29, 0.717) is 4.47 Å². The molecule has 0 amide bonds. The first-order valence-electron chi connectivity index (χ1n) is 3.14. The van der Waals surface area contributed by atoms with Gasteiger partial charge in [0, 0.05) is 9.38 Å². The Morgan fingerprint density at radius 1 is 1.62 bits per heavy atom. The van der Waals surface area contributed by atoms with E-state index >= 15 is 0 Å². The van der Waals surface area contributed by atoms with Crippen molar-refractivity contribution in [1.82, 2.24) is 0 Å². The number of nitrogens with zero attached hydrogens (tertiary/aromatic N) is 4. The maximum Gasteiger partial charge on any atom is 0.101 e. The van der Waals surface area contributed by atoms with Crippen molar-refractivity contribution >= 4 is 33.2 Å². The Morgan fingerprint density at radius 3 is 2.85 bits per heavy atom. The Morgan fingerprint density at radius 2 is 2.31 bits per heavy atom. The molecule has 0 unspecified atom stereocenters. The molecule has 0 atom stereocenters. The summed E-state index contributed by atoms with van der Waals surface area (Å²) in [5.74, 6) is 0. The number of hydrogen-bond acceptors (Lipinski definition) is 2. The Hall–Kier alpha value is -1.21. The minimum Gasteiger partial charge on any atom is -0.192 e. The predicted octanol–water partition coefficient (Wildman–Crippen LogP) is 3.92. The standard InChI is InChI=1S/C7H2BrClN4/c8-5-1-2-6(9)7(12-13-11)4(5)3-10/h1-2H. The molecule has 0 N–H and O–H groups in total. The fourth-order valence-electron chi connectivity index (χ4n) is 0.790. The highest BCUT2D eigenvalue weighted by atomic mass is 79.9. The molecule has 1 rings (SSSR count). The minimum absolute atomic E-state index is 0.154. The lowest BCUT2D eigenvalue weighted by molar-refractivity contribution is 1.40. The molecule has 0 heterocycles. The molecule has 0 radical (unpaired) electrons. The van der Waals surface area contributed by atoms with Crippen molar-refractivity contribution in [2.24, 2.45) is 5.11 Å². The van der Waals surface area contributed by atoms with Gasteiger partial charge in [-0.15, -0.1) is 0 Å². The fourth-order valence-corrected chi connectivity index (χ4v) is 1.39. The van der Waals surface area contributed by atoms with E-state index in [2.05, 4.69) is 26.0 Å². The summed E-state index contributed by atoms with van der Waals surface area (Å²) in [4.78, 5) is 2.59. The van der Waals surface area contributed by atoms with Gasteiger partial charge in [0.2, 0.25) is 0 Å². The Bertz CT molecular complexity index is 431. The summed E-state index contributed by atoms with van der Waals surface area (Å²) in [6.45, 7) is 0. The lowest BCUT2D eigenvalue weighted by atomic mass is 10.2. The van der Waals surface area contributed by atoms with Crippen LogP contribution in [0.5, 0.6) is 0 Å². The molecule has 13 heavy (non-hydrogen) atoms. The van der Waals surface area contributed by atoms with E-state index in [1.165, 1.54) is 0 Å². The van der Waals surface area contributed by atoms with Gasteiger partial charge in [0.15, 0.2) is 0 Å². The fraction of sp³-hybridized carbons (Fsp3) is 0. The Kier molecular flexibility index (Phi) is 3.15. The second-order valence-electron chi connectivity index (χ2n) is 2.05. The first-order chi connectivity index (χ1) is 6.20. The number of rotatable bonds is 1. The molecule has 64 valence electrons. The molecular weight excluding hydrogens is 255 g/mol. The van der Waals surface area contributed by atoms with Crippen LogP contribution in [0.2, 0.25) is 5.02 Å². The third kappa shape index (κ3) is 1.93. The Balaban J connectivity index is 3.54. The zero-order chi connectivity index (χ0) is 9.84. The van der Waals surface area contributed by atoms with Gasteiger partial charge in [-0.05, 0) is 33.6 Å². The van der Waals surface area contributed by atoms with Gasteiger partial charge in [0.1, 0.15) is 6.07 Å². The van der Waals surface area contributed by atoms with Crippen LogP contribution in [0, 0.1) is 11.3 Å². The van der Waals surface area contributed by atoms with Crippen molar-refractivity contribution in [3.63, 3.8) is 0 Å². The maximum absolute atomic E-state index is 8.73. The summed E-state index contributed by atoms with van der Waals surface area (Å²) < 4.78 is 0.557. The quantitative estimate of drug-likeness (QED) is 0.427. The normalized spacial score (nSPS) is 8.69. The summed E-state index contributed by atoms with van der Waals surface area (Å²) in [7, 11) is 0. The first kappa shape index (κ1) is 9.87. The molecule has 0 saturated carbocycles. The Labute approximate surface area is 87.5 Å². The number of nitriles is 1. The van der Waals surface area contributed by atoms with Crippen molar-refractivity contribution in [1.29, 1.82) is 5.26 Å². The van der Waals surface area contributed by atoms with Crippen LogP contribution in [-0.4, -0.2) is 0 Å². The van der Waals surface area contributed by atoms with Crippen molar-refractivity contribution in [2.45, 2.75) is 0 Å². The number of halogens is 2. The third-order valence-electron chi connectivity index (χ3n) is 1.33. The first-order valence-corrected chi connectivity index (χ1v) is 4.31. The number of hydrogen-bond donors (Lipinski definition) is 0.